The van der Waals surface area contributed by atoms with Gasteiger partial charge in [-0.15, -0.1) is 0 Å². The molecule has 578 valence electrons. The summed E-state index contributed by atoms with van der Waals surface area (Å²) in [4.78, 5) is 85.6. The number of aliphatic hydroxyl groups excluding tert-OH is 1. The molecule has 27 heteroatoms. The average molecular weight is 1560 g/mol. The second-order valence-corrected chi connectivity index (χ2v) is 30.8. The molecule has 2 saturated heterocycles. The van der Waals surface area contributed by atoms with Gasteiger partial charge < -0.3 is 78.0 Å². The first-order valence-electron chi connectivity index (χ1n) is 35.4. The van der Waals surface area contributed by atoms with Crippen molar-refractivity contribution in [1.82, 2.24) is 42.1 Å². The molecule has 0 unspecified atom stereocenters. The number of aliphatic hydroxyl groups is 2. The van der Waals surface area contributed by atoms with Crippen molar-refractivity contribution in [3.63, 3.8) is 0 Å². The summed E-state index contributed by atoms with van der Waals surface area (Å²) in [6, 6.07) is 35.6. The van der Waals surface area contributed by atoms with E-state index in [-0.39, 0.29) is 30.4 Å². The zero-order valence-electron chi connectivity index (χ0n) is 62.3. The zero-order valence-corrected chi connectivity index (χ0v) is 66.1. The van der Waals surface area contributed by atoms with Crippen LogP contribution in [0.5, 0.6) is 0 Å². The van der Waals surface area contributed by atoms with Gasteiger partial charge in [0.25, 0.3) is 11.8 Å². The Kier molecular flexibility index (Phi) is 36.3. The molecule has 0 aromatic heterocycles. The van der Waals surface area contributed by atoms with Gasteiger partial charge in [-0.25, -0.2) is 14.4 Å². The number of rotatable bonds is 21. The standard InChI is InChI=1S/C23H28ClN3O3.C19H28ClN3O3.C14H21ClN2O2.C14H20ClNO3.C9H8ClNO/c1-23(30,18-6-3-2-4-7-18)22(29)27-13-5-8-20(27)21(28)26-15-17-14-19(24)10-9-16(17)11-12-25;1-19(2,3)26-18(25)22-10-8-13-6-7-15(20)11-14(13)12-23-17(24)16-5-4-9-21-16;1-14(2,3)19-13(18)17-7-6-10-4-5-12(15)8-11(10)9-16;1-14(2,3)19-13(18)16-7-6-10-4-5-12(15)8-11(10)9-17;10-7-2-1-6-3-4-11-9(12)8(6)5-7/h2-4,6-7,9-10,14,20,30H,5,8,11-13,15,25H2,1H3,(H,26,28);6-7,11,16,21H,4-5,8-10,12H2,1-3H3,(H,22,25)(H,23,24);4-5,8H,6-7,9,16H2,1-3H3,(H,17,18);4-5,8,17H,6-7,9H2,1-3H3,(H,16,18);1-2,5H,3-4H2,(H,11,12)/t20-,23+;16-;;;/m00.../s1. The highest BCUT2D eigenvalue weighted by atomic mass is 35.5. The van der Waals surface area contributed by atoms with Crippen molar-refractivity contribution in [2.75, 3.05) is 45.8 Å². The third-order valence-electron chi connectivity index (χ3n) is 16.5. The Balaban J connectivity index is 0.000000244. The van der Waals surface area contributed by atoms with Crippen molar-refractivity contribution < 1.29 is 58.0 Å². The van der Waals surface area contributed by atoms with Crippen LogP contribution < -0.4 is 48.7 Å². The number of hydrogen-bond donors (Lipinski definition) is 11. The minimum Gasteiger partial charge on any atom is -0.444 e. The first kappa shape index (κ1) is 88.9. The third kappa shape index (κ3) is 31.6. The molecular weight excluding hydrogens is 1460 g/mol. The molecule has 6 aromatic rings. The molecule has 0 aliphatic carbocycles. The fourth-order valence-electron chi connectivity index (χ4n) is 11.4. The van der Waals surface area contributed by atoms with Crippen molar-refractivity contribution in [2.24, 2.45) is 11.5 Å². The number of fused-ring (bicyclic) bond motifs is 1. The van der Waals surface area contributed by atoms with Gasteiger partial charge in [0.15, 0.2) is 5.60 Å². The molecular formula is C79H105Cl5N10O12. The molecule has 9 rings (SSSR count). The van der Waals surface area contributed by atoms with Crippen LogP contribution in [0.25, 0.3) is 0 Å². The predicted octanol–water partition coefficient (Wildman–Crippen LogP) is 12.5. The van der Waals surface area contributed by atoms with Crippen molar-refractivity contribution in [2.45, 2.75) is 188 Å². The fourth-order valence-corrected chi connectivity index (χ4v) is 12.3. The van der Waals surface area contributed by atoms with E-state index in [1.165, 1.54) is 11.8 Å². The van der Waals surface area contributed by atoms with Gasteiger partial charge in [0.05, 0.1) is 12.6 Å². The number of likely N-dealkylation sites (tertiary alicyclic amines) is 1. The fraction of sp³-hybridized carbons (Fsp3) is 0.456. The average Bonchev–Trinajstić information content (AvgIpc) is 1.50. The number of halogens is 5. The summed E-state index contributed by atoms with van der Waals surface area (Å²) in [6.45, 7) is 22.9. The van der Waals surface area contributed by atoms with Crippen LogP contribution in [-0.2, 0) is 92.5 Å². The second kappa shape index (κ2) is 43.3. The molecule has 3 aliphatic rings. The number of carbonyl (C=O) groups is 7. The first-order chi connectivity index (χ1) is 50.0. The first-order valence-corrected chi connectivity index (χ1v) is 37.3. The maximum atomic E-state index is 13.1. The van der Waals surface area contributed by atoms with Crippen LogP contribution in [0, 0.1) is 0 Å². The molecule has 0 saturated carbocycles. The Morgan fingerprint density at radius 3 is 1.41 bits per heavy atom. The lowest BCUT2D eigenvalue weighted by atomic mass is 9.94. The number of amides is 7. The molecule has 6 aromatic carbocycles. The minimum absolute atomic E-state index is 0.0142. The lowest BCUT2D eigenvalue weighted by Crippen LogP contribution is -2.52. The number of alkyl carbamates (subject to hydrolysis) is 3. The number of nitrogens with zero attached hydrogens (tertiary/aromatic N) is 1. The molecule has 106 heavy (non-hydrogen) atoms. The Morgan fingerprint density at radius 2 is 0.953 bits per heavy atom. The van der Waals surface area contributed by atoms with Gasteiger partial charge in [-0.2, -0.15) is 0 Å². The quantitative estimate of drug-likeness (QED) is 0.0298. The molecule has 3 aliphatic heterocycles. The smallest absolute Gasteiger partial charge is 0.407 e. The van der Waals surface area contributed by atoms with Gasteiger partial charge in [-0.3, -0.25) is 19.2 Å². The van der Waals surface area contributed by atoms with Gasteiger partial charge in [0.1, 0.15) is 22.8 Å². The van der Waals surface area contributed by atoms with E-state index in [9.17, 15) is 43.8 Å². The number of carbonyl (C=O) groups excluding carboxylic acids is 7. The Bertz CT molecular complexity index is 3800. The maximum Gasteiger partial charge on any atom is 0.407 e. The zero-order chi connectivity index (χ0) is 78.4. The third-order valence-corrected chi connectivity index (χ3v) is 17.7. The molecule has 0 spiro atoms. The topological polar surface area (TPSA) is 327 Å². The number of ether oxygens (including phenoxy) is 3. The second-order valence-electron chi connectivity index (χ2n) is 28.6. The highest BCUT2D eigenvalue weighted by Crippen LogP contribution is 2.29. The molecule has 13 N–H and O–H groups in total. The Labute approximate surface area is 648 Å². The van der Waals surface area contributed by atoms with E-state index in [1.807, 2.05) is 135 Å². The Hall–Kier alpha value is -7.74. The van der Waals surface area contributed by atoms with Crippen LogP contribution in [-0.4, -0.2) is 132 Å². The van der Waals surface area contributed by atoms with E-state index in [1.54, 1.807) is 48.5 Å². The SMILES string of the molecule is CC(C)(C)OC(=O)NCCc1ccc(Cl)cc1CN.CC(C)(C)OC(=O)NCCc1ccc(Cl)cc1CNC(=O)[C@@H]1CCCN1.CC(C)(C)OC(=O)NCCc1ccc(Cl)cc1CO.C[C@](O)(C(=O)N1CCC[C@H]1C(=O)NCc1cc(Cl)ccc1CCN)c1ccccc1.O=C1NCCc2ccc(Cl)cc21. The van der Waals surface area contributed by atoms with Gasteiger partial charge in [0, 0.05) is 83.0 Å². The normalized spacial score (nSPS) is 15.0. The molecule has 2 fully saturated rings. The monoisotopic (exact) mass is 1560 g/mol. The number of benzene rings is 6. The molecule has 0 bridgehead atoms. The van der Waals surface area contributed by atoms with Crippen LogP contribution in [0.15, 0.2) is 121 Å². The number of nitrogens with one attached hydrogen (secondary N) is 7. The van der Waals surface area contributed by atoms with Crippen LogP contribution in [0.2, 0.25) is 25.1 Å². The minimum atomic E-state index is -1.69. The summed E-state index contributed by atoms with van der Waals surface area (Å²) in [5, 5.41) is 43.2. The largest absolute Gasteiger partial charge is 0.444 e. The van der Waals surface area contributed by atoms with Crippen LogP contribution in [0.3, 0.4) is 0 Å². The summed E-state index contributed by atoms with van der Waals surface area (Å²) in [7, 11) is 0. The summed E-state index contributed by atoms with van der Waals surface area (Å²) in [6.07, 6.45) is 5.42. The highest BCUT2D eigenvalue weighted by molar-refractivity contribution is 6.32. The van der Waals surface area contributed by atoms with E-state index in [0.29, 0.717) is 127 Å². The predicted molar refractivity (Wildman–Crippen MR) is 419 cm³/mol. The van der Waals surface area contributed by atoms with E-state index < -0.39 is 52.6 Å². The van der Waals surface area contributed by atoms with Gasteiger partial charge in [-0.05, 0) is 256 Å². The van der Waals surface area contributed by atoms with Crippen LogP contribution in [0.1, 0.15) is 161 Å². The van der Waals surface area contributed by atoms with E-state index in [0.717, 1.165) is 82.4 Å². The van der Waals surface area contributed by atoms with Gasteiger partial charge in [0.2, 0.25) is 11.8 Å². The number of hydrogen-bond acceptors (Lipinski definition) is 15. The lowest BCUT2D eigenvalue weighted by molar-refractivity contribution is -0.154. The summed E-state index contributed by atoms with van der Waals surface area (Å²) >= 11 is 29.7. The van der Waals surface area contributed by atoms with Crippen molar-refractivity contribution in [1.29, 1.82) is 0 Å². The molecule has 7 amide bonds. The van der Waals surface area contributed by atoms with Crippen molar-refractivity contribution in [3.8, 4) is 0 Å². The van der Waals surface area contributed by atoms with Gasteiger partial charge >= 0.3 is 18.3 Å². The summed E-state index contributed by atoms with van der Waals surface area (Å²) in [5.41, 5.74) is 18.2. The molecule has 3 atom stereocenters. The van der Waals surface area contributed by atoms with Crippen molar-refractivity contribution >= 4 is 99.9 Å². The highest BCUT2D eigenvalue weighted by Gasteiger charge is 2.43. The van der Waals surface area contributed by atoms with Crippen molar-refractivity contribution in [3.05, 3.63) is 208 Å². The van der Waals surface area contributed by atoms with E-state index in [4.69, 9.17) is 83.7 Å². The number of nitrogens with two attached hydrogens (primary N) is 2. The van der Waals surface area contributed by atoms with E-state index in [2.05, 4.69) is 37.2 Å². The lowest BCUT2D eigenvalue weighted by Gasteiger charge is -2.32. The van der Waals surface area contributed by atoms with Gasteiger partial charge in [-0.1, -0.05) is 119 Å². The van der Waals surface area contributed by atoms with Crippen LogP contribution >= 0.6 is 58.0 Å². The Morgan fingerprint density at radius 1 is 0.519 bits per heavy atom. The summed E-state index contributed by atoms with van der Waals surface area (Å²) < 4.78 is 15.5. The summed E-state index contributed by atoms with van der Waals surface area (Å²) in [5.74, 6) is -0.694. The van der Waals surface area contributed by atoms with E-state index >= 15 is 0 Å². The molecule has 0 radical (unpaired) electrons. The molecule has 3 heterocycles. The maximum absolute atomic E-state index is 13.1. The molecule has 22 nitrogen and oxygen atoms in total. The van der Waals surface area contributed by atoms with Crippen LogP contribution in [0.4, 0.5) is 14.4 Å².